The summed E-state index contributed by atoms with van der Waals surface area (Å²) in [6.07, 6.45) is 3.90. The number of nitrogens with zero attached hydrogens (tertiary/aromatic N) is 2. The van der Waals surface area contributed by atoms with E-state index in [1.165, 1.54) is 32.4 Å². The Hall–Kier alpha value is -0.120. The quantitative estimate of drug-likeness (QED) is 0.765. The maximum Gasteiger partial charge on any atom is 0.0326 e. The van der Waals surface area contributed by atoms with Gasteiger partial charge in [-0.1, -0.05) is 6.92 Å². The number of likely N-dealkylation sites (tertiary alicyclic amines) is 1. The van der Waals surface area contributed by atoms with Gasteiger partial charge < -0.3 is 10.2 Å². The van der Waals surface area contributed by atoms with Crippen LogP contribution in [0.15, 0.2) is 0 Å². The molecule has 0 radical (unpaired) electrons. The van der Waals surface area contributed by atoms with E-state index in [0.29, 0.717) is 6.04 Å². The Kier molecular flexibility index (Phi) is 5.42. The predicted molar refractivity (Wildman–Crippen MR) is 75.5 cm³/mol. The minimum atomic E-state index is 0.248. The molecule has 0 saturated carbocycles. The molecule has 3 unspecified atom stereocenters. The highest BCUT2D eigenvalue weighted by Gasteiger charge is 2.35. The SMILES string of the molecule is CCC(C)(C(C)NC)N(C)CC1CCCN1C. The Morgan fingerprint density at radius 1 is 1.53 bits per heavy atom. The molecule has 1 heterocycles. The fourth-order valence-electron chi connectivity index (χ4n) is 2.95. The lowest BCUT2D eigenvalue weighted by Crippen LogP contribution is -2.58. The molecule has 0 aromatic rings. The second kappa shape index (κ2) is 6.17. The van der Waals surface area contributed by atoms with Gasteiger partial charge in [-0.25, -0.2) is 0 Å². The first-order chi connectivity index (χ1) is 7.95. The van der Waals surface area contributed by atoms with E-state index >= 15 is 0 Å². The van der Waals surface area contributed by atoms with Crippen molar-refractivity contribution in [3.05, 3.63) is 0 Å². The molecule has 0 aliphatic carbocycles. The second-order valence-corrected chi connectivity index (χ2v) is 5.88. The summed E-state index contributed by atoms with van der Waals surface area (Å²) in [7, 11) is 6.61. The topological polar surface area (TPSA) is 18.5 Å². The maximum absolute atomic E-state index is 3.42. The van der Waals surface area contributed by atoms with Gasteiger partial charge in [-0.2, -0.15) is 0 Å². The molecule has 0 amide bonds. The minimum absolute atomic E-state index is 0.248. The van der Waals surface area contributed by atoms with Crippen LogP contribution in [-0.4, -0.2) is 61.7 Å². The Morgan fingerprint density at radius 2 is 2.18 bits per heavy atom. The summed E-state index contributed by atoms with van der Waals surface area (Å²) in [5.74, 6) is 0. The Labute approximate surface area is 108 Å². The standard InChI is InChI=1S/C14H31N3/c1-7-14(3,12(2)15-4)17(6)11-13-9-8-10-16(13)5/h12-13,15H,7-11H2,1-6H3. The Morgan fingerprint density at radius 3 is 2.59 bits per heavy atom. The molecular weight excluding hydrogens is 210 g/mol. The van der Waals surface area contributed by atoms with E-state index in [-0.39, 0.29) is 5.54 Å². The normalized spacial score (nSPS) is 27.4. The molecule has 0 aromatic heterocycles. The van der Waals surface area contributed by atoms with Crippen LogP contribution in [-0.2, 0) is 0 Å². The number of likely N-dealkylation sites (N-methyl/N-ethyl adjacent to an activating group) is 3. The van der Waals surface area contributed by atoms with Gasteiger partial charge in [0.2, 0.25) is 0 Å². The van der Waals surface area contributed by atoms with Gasteiger partial charge in [-0.3, -0.25) is 4.90 Å². The van der Waals surface area contributed by atoms with Crippen molar-refractivity contribution in [1.29, 1.82) is 0 Å². The largest absolute Gasteiger partial charge is 0.315 e. The van der Waals surface area contributed by atoms with Gasteiger partial charge in [-0.05, 0) is 60.8 Å². The average molecular weight is 241 g/mol. The fourth-order valence-corrected chi connectivity index (χ4v) is 2.95. The molecule has 3 nitrogen and oxygen atoms in total. The van der Waals surface area contributed by atoms with Gasteiger partial charge in [-0.15, -0.1) is 0 Å². The maximum atomic E-state index is 3.42. The van der Waals surface area contributed by atoms with Crippen LogP contribution < -0.4 is 5.32 Å². The molecule has 1 fully saturated rings. The predicted octanol–water partition coefficient (Wildman–Crippen LogP) is 1.79. The number of hydrogen-bond donors (Lipinski definition) is 1. The summed E-state index contributed by atoms with van der Waals surface area (Å²) in [4.78, 5) is 5.07. The zero-order valence-corrected chi connectivity index (χ0v) is 12.6. The van der Waals surface area contributed by atoms with Crippen molar-refractivity contribution >= 4 is 0 Å². The van der Waals surface area contributed by atoms with E-state index in [1.807, 2.05) is 0 Å². The second-order valence-electron chi connectivity index (χ2n) is 5.88. The number of hydrogen-bond acceptors (Lipinski definition) is 3. The third-order valence-corrected chi connectivity index (χ3v) is 5.11. The van der Waals surface area contributed by atoms with Gasteiger partial charge in [0, 0.05) is 24.2 Å². The first-order valence-electron chi connectivity index (χ1n) is 7.04. The third-order valence-electron chi connectivity index (χ3n) is 5.11. The van der Waals surface area contributed by atoms with Crippen molar-refractivity contribution < 1.29 is 0 Å². The Bertz CT molecular complexity index is 232. The molecule has 1 N–H and O–H groups in total. The van der Waals surface area contributed by atoms with Crippen molar-refractivity contribution in [1.82, 2.24) is 15.1 Å². The zero-order valence-electron chi connectivity index (χ0n) is 12.6. The lowest BCUT2D eigenvalue weighted by molar-refractivity contribution is 0.0728. The molecule has 0 spiro atoms. The van der Waals surface area contributed by atoms with Gasteiger partial charge >= 0.3 is 0 Å². The minimum Gasteiger partial charge on any atom is -0.315 e. The van der Waals surface area contributed by atoms with Crippen LogP contribution in [0.4, 0.5) is 0 Å². The molecule has 1 aliphatic rings. The summed E-state index contributed by atoms with van der Waals surface area (Å²) in [5.41, 5.74) is 0.248. The molecule has 102 valence electrons. The molecule has 0 bridgehead atoms. The third kappa shape index (κ3) is 3.21. The van der Waals surface area contributed by atoms with E-state index in [1.54, 1.807) is 0 Å². The number of nitrogens with one attached hydrogen (secondary N) is 1. The van der Waals surface area contributed by atoms with Gasteiger partial charge in [0.05, 0.1) is 0 Å². The molecule has 17 heavy (non-hydrogen) atoms. The first-order valence-corrected chi connectivity index (χ1v) is 7.04. The van der Waals surface area contributed by atoms with Crippen molar-refractivity contribution in [3.63, 3.8) is 0 Å². The highest BCUT2D eigenvalue weighted by Crippen LogP contribution is 2.25. The lowest BCUT2D eigenvalue weighted by Gasteiger charge is -2.44. The van der Waals surface area contributed by atoms with Gasteiger partial charge in [0.25, 0.3) is 0 Å². The van der Waals surface area contributed by atoms with Crippen molar-refractivity contribution in [3.8, 4) is 0 Å². The highest BCUT2D eigenvalue weighted by atomic mass is 15.3. The van der Waals surface area contributed by atoms with Crippen molar-refractivity contribution in [2.45, 2.75) is 57.7 Å². The van der Waals surface area contributed by atoms with Crippen LogP contribution in [0.25, 0.3) is 0 Å². The van der Waals surface area contributed by atoms with Crippen LogP contribution in [0.5, 0.6) is 0 Å². The Balaban J connectivity index is 2.62. The van der Waals surface area contributed by atoms with E-state index < -0.39 is 0 Å². The summed E-state index contributed by atoms with van der Waals surface area (Å²) >= 11 is 0. The lowest BCUT2D eigenvalue weighted by atomic mass is 9.88. The fraction of sp³-hybridized carbons (Fsp3) is 1.00. The average Bonchev–Trinajstić information content (AvgIpc) is 2.72. The van der Waals surface area contributed by atoms with Crippen molar-refractivity contribution in [2.24, 2.45) is 0 Å². The van der Waals surface area contributed by atoms with Gasteiger partial charge in [0.1, 0.15) is 0 Å². The molecule has 1 aliphatic heterocycles. The van der Waals surface area contributed by atoms with Crippen LogP contribution in [0.2, 0.25) is 0 Å². The van der Waals surface area contributed by atoms with E-state index in [4.69, 9.17) is 0 Å². The smallest absolute Gasteiger partial charge is 0.0326 e. The van der Waals surface area contributed by atoms with Gasteiger partial charge in [0.15, 0.2) is 0 Å². The zero-order chi connectivity index (χ0) is 13.1. The molecule has 1 rings (SSSR count). The monoisotopic (exact) mass is 241 g/mol. The van der Waals surface area contributed by atoms with E-state index in [9.17, 15) is 0 Å². The highest BCUT2D eigenvalue weighted by molar-refractivity contribution is 4.94. The van der Waals surface area contributed by atoms with Crippen LogP contribution in [0.1, 0.15) is 40.0 Å². The van der Waals surface area contributed by atoms with E-state index in [2.05, 4.69) is 57.0 Å². The molecule has 1 saturated heterocycles. The van der Waals surface area contributed by atoms with Crippen LogP contribution in [0, 0.1) is 0 Å². The molecule has 0 aromatic carbocycles. The molecule has 3 heteroatoms. The first kappa shape index (κ1) is 14.9. The summed E-state index contributed by atoms with van der Waals surface area (Å²) in [6.45, 7) is 9.42. The number of rotatable bonds is 6. The van der Waals surface area contributed by atoms with E-state index in [0.717, 1.165) is 6.04 Å². The molecule has 3 atom stereocenters. The van der Waals surface area contributed by atoms with Crippen LogP contribution >= 0.6 is 0 Å². The summed E-state index contributed by atoms with van der Waals surface area (Å²) in [6, 6.07) is 1.26. The van der Waals surface area contributed by atoms with Crippen molar-refractivity contribution in [2.75, 3.05) is 34.2 Å². The summed E-state index contributed by atoms with van der Waals surface area (Å²) in [5, 5.41) is 3.42. The van der Waals surface area contributed by atoms with Crippen LogP contribution in [0.3, 0.4) is 0 Å². The summed E-state index contributed by atoms with van der Waals surface area (Å²) < 4.78 is 0. The molecular formula is C14H31N3.